The van der Waals surface area contributed by atoms with Gasteiger partial charge in [-0.05, 0) is 17.7 Å². The fourth-order valence-electron chi connectivity index (χ4n) is 1.45. The fourth-order valence-corrected chi connectivity index (χ4v) is 2.45. The second-order valence-corrected chi connectivity index (χ2v) is 5.83. The first-order valence-corrected chi connectivity index (χ1v) is 7.36. The van der Waals surface area contributed by atoms with Gasteiger partial charge in [-0.15, -0.1) is 0 Å². The molecule has 0 spiro atoms. The Balaban J connectivity index is 2.46. The Morgan fingerprint density at radius 2 is 1.84 bits per heavy atom. The zero-order valence-electron chi connectivity index (χ0n) is 10.4. The number of phenols is 1. The lowest BCUT2D eigenvalue weighted by molar-refractivity contribution is 0.395. The maximum Gasteiger partial charge on any atom is 0.212 e. The molecule has 0 aliphatic rings. The Hall–Kier alpha value is -1.25. The van der Waals surface area contributed by atoms with Crippen LogP contribution in [0.25, 0.3) is 0 Å². The third kappa shape index (κ3) is 5.09. The van der Waals surface area contributed by atoms with E-state index in [1.54, 1.807) is 6.92 Å². The first kappa shape index (κ1) is 15.8. The molecular formula is C11H16F2N2O3S. The maximum absolute atomic E-state index is 13.0. The molecule has 0 fully saturated rings. The number of benzene rings is 1. The topological polar surface area (TPSA) is 78.4 Å². The van der Waals surface area contributed by atoms with Gasteiger partial charge in [-0.3, -0.25) is 0 Å². The molecule has 1 rings (SSSR count). The molecule has 0 amide bonds. The molecule has 0 bridgehead atoms. The van der Waals surface area contributed by atoms with Crippen LogP contribution in [0, 0.1) is 11.6 Å². The highest BCUT2D eigenvalue weighted by Gasteiger charge is 2.10. The second-order valence-electron chi connectivity index (χ2n) is 3.90. The summed E-state index contributed by atoms with van der Waals surface area (Å²) in [6.45, 7) is 2.25. The Bertz CT molecular complexity index is 512. The average molecular weight is 294 g/mol. The minimum atomic E-state index is -3.31. The quantitative estimate of drug-likeness (QED) is 0.647. The molecule has 0 aliphatic heterocycles. The second kappa shape index (κ2) is 6.78. The highest BCUT2D eigenvalue weighted by Crippen LogP contribution is 2.21. The minimum Gasteiger partial charge on any atom is -0.503 e. The summed E-state index contributed by atoms with van der Waals surface area (Å²) in [5, 5.41) is 11.7. The van der Waals surface area contributed by atoms with Crippen LogP contribution in [0.4, 0.5) is 8.78 Å². The summed E-state index contributed by atoms with van der Waals surface area (Å²) < 4.78 is 50.9. The molecule has 8 heteroatoms. The fraction of sp³-hybridized carbons (Fsp3) is 0.455. The van der Waals surface area contributed by atoms with Crippen LogP contribution in [0.1, 0.15) is 12.5 Å². The molecule has 0 heterocycles. The van der Waals surface area contributed by atoms with Crippen LogP contribution >= 0.6 is 0 Å². The molecule has 3 N–H and O–H groups in total. The standard InChI is InChI=1S/C11H16F2N2O3S/c1-2-15-19(17,18)4-3-14-7-8-5-9(12)11(16)10(13)6-8/h5-6,14-16H,2-4,7H2,1H3. The smallest absolute Gasteiger partial charge is 0.212 e. The van der Waals surface area contributed by atoms with Crippen molar-refractivity contribution in [2.45, 2.75) is 13.5 Å². The van der Waals surface area contributed by atoms with Crippen LogP contribution in [-0.2, 0) is 16.6 Å². The third-order valence-corrected chi connectivity index (χ3v) is 3.79. The van der Waals surface area contributed by atoms with E-state index in [0.717, 1.165) is 12.1 Å². The van der Waals surface area contributed by atoms with Crippen LogP contribution in [0.5, 0.6) is 5.75 Å². The van der Waals surface area contributed by atoms with Gasteiger partial charge in [0.25, 0.3) is 0 Å². The lowest BCUT2D eigenvalue weighted by atomic mass is 10.2. The summed E-state index contributed by atoms with van der Waals surface area (Å²) in [5.41, 5.74) is 0.286. The van der Waals surface area contributed by atoms with Gasteiger partial charge in [0.15, 0.2) is 17.4 Å². The first-order chi connectivity index (χ1) is 8.85. The maximum atomic E-state index is 13.0. The SMILES string of the molecule is CCNS(=O)(=O)CCNCc1cc(F)c(O)c(F)c1. The molecule has 0 unspecified atom stereocenters. The number of rotatable bonds is 7. The minimum absolute atomic E-state index is 0.107. The molecule has 0 radical (unpaired) electrons. The van der Waals surface area contributed by atoms with Crippen molar-refractivity contribution in [3.05, 3.63) is 29.3 Å². The van der Waals surface area contributed by atoms with E-state index in [9.17, 15) is 17.2 Å². The van der Waals surface area contributed by atoms with Gasteiger partial charge in [0, 0.05) is 19.6 Å². The van der Waals surface area contributed by atoms with Crippen LogP contribution in [0.2, 0.25) is 0 Å². The van der Waals surface area contributed by atoms with Gasteiger partial charge >= 0.3 is 0 Å². The number of phenolic OH excluding ortho intramolecular Hbond substituents is 1. The first-order valence-electron chi connectivity index (χ1n) is 5.70. The summed E-state index contributed by atoms with van der Waals surface area (Å²) >= 11 is 0. The monoisotopic (exact) mass is 294 g/mol. The van der Waals surface area contributed by atoms with E-state index in [2.05, 4.69) is 10.0 Å². The number of nitrogens with one attached hydrogen (secondary N) is 2. The van der Waals surface area contributed by atoms with Crippen LogP contribution in [0.3, 0.4) is 0 Å². The van der Waals surface area contributed by atoms with Gasteiger partial charge < -0.3 is 10.4 Å². The van der Waals surface area contributed by atoms with E-state index in [1.807, 2.05) is 0 Å². The molecule has 5 nitrogen and oxygen atoms in total. The van der Waals surface area contributed by atoms with E-state index >= 15 is 0 Å². The molecule has 0 atom stereocenters. The number of sulfonamides is 1. The van der Waals surface area contributed by atoms with Crippen molar-refractivity contribution in [2.24, 2.45) is 0 Å². The lowest BCUT2D eigenvalue weighted by Gasteiger charge is -2.07. The van der Waals surface area contributed by atoms with Crippen molar-refractivity contribution in [1.82, 2.24) is 10.0 Å². The Morgan fingerprint density at radius 1 is 1.26 bits per heavy atom. The van der Waals surface area contributed by atoms with Crippen LogP contribution < -0.4 is 10.0 Å². The van der Waals surface area contributed by atoms with E-state index in [1.165, 1.54) is 0 Å². The molecule has 0 aliphatic carbocycles. The van der Waals surface area contributed by atoms with Gasteiger partial charge in [-0.1, -0.05) is 6.92 Å². The zero-order chi connectivity index (χ0) is 14.5. The Labute approximate surface area is 110 Å². The molecule has 1 aromatic carbocycles. The van der Waals surface area contributed by atoms with Crippen LogP contribution in [0.15, 0.2) is 12.1 Å². The average Bonchev–Trinajstić information content (AvgIpc) is 2.31. The van der Waals surface area contributed by atoms with Crippen molar-refractivity contribution in [3.8, 4) is 5.75 Å². The molecule has 1 aromatic rings. The number of aromatic hydroxyl groups is 1. The highest BCUT2D eigenvalue weighted by atomic mass is 32.2. The van der Waals surface area contributed by atoms with Crippen molar-refractivity contribution < 1.29 is 22.3 Å². The van der Waals surface area contributed by atoms with E-state index in [-0.39, 0.29) is 24.4 Å². The number of hydrogen-bond acceptors (Lipinski definition) is 4. The Morgan fingerprint density at radius 3 is 2.37 bits per heavy atom. The van der Waals surface area contributed by atoms with Crippen molar-refractivity contribution in [1.29, 1.82) is 0 Å². The summed E-state index contributed by atoms with van der Waals surface area (Å²) in [6.07, 6.45) is 0. The van der Waals surface area contributed by atoms with Gasteiger partial charge in [-0.25, -0.2) is 21.9 Å². The van der Waals surface area contributed by atoms with Gasteiger partial charge in [0.2, 0.25) is 10.0 Å². The molecule has 108 valence electrons. The predicted octanol–water partition coefficient (Wildman–Crippen LogP) is 0.699. The molecule has 0 saturated heterocycles. The summed E-state index contributed by atoms with van der Waals surface area (Å²) in [7, 11) is -3.31. The van der Waals surface area contributed by atoms with Gasteiger partial charge in [-0.2, -0.15) is 0 Å². The third-order valence-electron chi connectivity index (χ3n) is 2.32. The number of hydrogen-bond donors (Lipinski definition) is 3. The van der Waals surface area contributed by atoms with Crippen molar-refractivity contribution >= 4 is 10.0 Å². The molecule has 0 aromatic heterocycles. The van der Waals surface area contributed by atoms with Crippen LogP contribution in [-0.4, -0.2) is 32.4 Å². The van der Waals surface area contributed by atoms with E-state index < -0.39 is 27.4 Å². The predicted molar refractivity (Wildman–Crippen MR) is 67.2 cm³/mol. The molecule has 0 saturated carbocycles. The summed E-state index contributed by atoms with van der Waals surface area (Å²) in [4.78, 5) is 0. The molecule has 19 heavy (non-hydrogen) atoms. The molecular weight excluding hydrogens is 278 g/mol. The van der Waals surface area contributed by atoms with E-state index in [0.29, 0.717) is 6.54 Å². The summed E-state index contributed by atoms with van der Waals surface area (Å²) in [5.74, 6) is -3.23. The largest absolute Gasteiger partial charge is 0.503 e. The normalized spacial score (nSPS) is 11.7. The lowest BCUT2D eigenvalue weighted by Crippen LogP contribution is -2.31. The summed E-state index contributed by atoms with van der Waals surface area (Å²) in [6, 6.07) is 1.98. The van der Waals surface area contributed by atoms with Gasteiger partial charge in [0.05, 0.1) is 5.75 Å². The highest BCUT2D eigenvalue weighted by molar-refractivity contribution is 7.89. The van der Waals surface area contributed by atoms with Gasteiger partial charge in [0.1, 0.15) is 0 Å². The Kier molecular flexibility index (Phi) is 5.64. The van der Waals surface area contributed by atoms with Crippen molar-refractivity contribution in [3.63, 3.8) is 0 Å². The van der Waals surface area contributed by atoms with E-state index in [4.69, 9.17) is 5.11 Å². The van der Waals surface area contributed by atoms with Crippen molar-refractivity contribution in [2.75, 3.05) is 18.8 Å². The number of halogens is 2. The zero-order valence-corrected chi connectivity index (χ0v) is 11.2.